The molecule has 1 atom stereocenters. The number of carbonyl (C=O) groups is 2. The normalized spacial score (nSPS) is 12.0. The smallest absolute Gasteiger partial charge is 0.264 e. The van der Waals surface area contributed by atoms with Crippen LogP contribution in [0, 0.1) is 5.82 Å². The maximum Gasteiger partial charge on any atom is 0.264 e. The molecule has 11 heteroatoms. The molecule has 1 unspecified atom stereocenters. The molecule has 0 spiro atoms. The predicted molar refractivity (Wildman–Crippen MR) is 152 cm³/mol. The summed E-state index contributed by atoms with van der Waals surface area (Å²) in [5.74, 6) is -1.64. The van der Waals surface area contributed by atoms with E-state index in [0.717, 1.165) is 29.3 Å². The van der Waals surface area contributed by atoms with Gasteiger partial charge in [-0.3, -0.25) is 13.9 Å². The summed E-state index contributed by atoms with van der Waals surface area (Å²) in [7, 11) is -4.24. The summed E-state index contributed by atoms with van der Waals surface area (Å²) in [6.07, 6.45) is 1.63. The second kappa shape index (κ2) is 13.8. The summed E-state index contributed by atoms with van der Waals surface area (Å²) >= 11 is 12.7. The molecule has 208 valence electrons. The van der Waals surface area contributed by atoms with Gasteiger partial charge in [0.2, 0.25) is 11.8 Å². The molecule has 0 saturated carbocycles. The van der Waals surface area contributed by atoms with Crippen LogP contribution in [0.4, 0.5) is 10.1 Å². The Balaban J connectivity index is 2.02. The highest BCUT2D eigenvalue weighted by Crippen LogP contribution is 2.28. The van der Waals surface area contributed by atoms with E-state index >= 15 is 0 Å². The zero-order valence-corrected chi connectivity index (χ0v) is 23.9. The van der Waals surface area contributed by atoms with Gasteiger partial charge in [-0.05, 0) is 61.9 Å². The lowest BCUT2D eigenvalue weighted by Crippen LogP contribution is -2.51. The van der Waals surface area contributed by atoms with Crippen LogP contribution < -0.4 is 9.62 Å². The van der Waals surface area contributed by atoms with Crippen molar-refractivity contribution in [3.63, 3.8) is 0 Å². The molecule has 0 heterocycles. The first-order valence-electron chi connectivity index (χ1n) is 12.4. The Morgan fingerprint density at radius 3 is 2.15 bits per heavy atom. The van der Waals surface area contributed by atoms with Crippen LogP contribution in [0.2, 0.25) is 10.0 Å². The molecular formula is C28H30Cl2FN3O4S. The molecule has 1 N–H and O–H groups in total. The minimum atomic E-state index is -4.24. The molecule has 3 aromatic carbocycles. The molecule has 7 nitrogen and oxygen atoms in total. The Kier molecular flexibility index (Phi) is 10.7. The number of amides is 2. The van der Waals surface area contributed by atoms with Gasteiger partial charge in [-0.2, -0.15) is 0 Å². The maximum absolute atomic E-state index is 13.9. The molecule has 0 fully saturated rings. The Labute approximate surface area is 238 Å². The van der Waals surface area contributed by atoms with Crippen molar-refractivity contribution in [3.05, 3.63) is 94.2 Å². The number of sulfonamides is 1. The molecule has 0 aliphatic carbocycles. The van der Waals surface area contributed by atoms with E-state index in [9.17, 15) is 22.4 Å². The quantitative estimate of drug-likeness (QED) is 0.274. The van der Waals surface area contributed by atoms with Gasteiger partial charge >= 0.3 is 0 Å². The van der Waals surface area contributed by atoms with Crippen molar-refractivity contribution in [2.24, 2.45) is 0 Å². The Morgan fingerprint density at radius 2 is 1.56 bits per heavy atom. The van der Waals surface area contributed by atoms with Crippen molar-refractivity contribution < 1.29 is 22.4 Å². The van der Waals surface area contributed by atoms with Gasteiger partial charge in [0.05, 0.1) is 10.6 Å². The lowest BCUT2D eigenvalue weighted by atomic mass is 10.1. The van der Waals surface area contributed by atoms with E-state index in [1.807, 2.05) is 6.92 Å². The van der Waals surface area contributed by atoms with E-state index in [0.29, 0.717) is 22.2 Å². The third kappa shape index (κ3) is 7.71. The summed E-state index contributed by atoms with van der Waals surface area (Å²) in [4.78, 5) is 28.0. The van der Waals surface area contributed by atoms with Gasteiger partial charge in [-0.25, -0.2) is 12.8 Å². The van der Waals surface area contributed by atoms with E-state index in [2.05, 4.69) is 5.32 Å². The van der Waals surface area contributed by atoms with Crippen LogP contribution in [-0.2, 0) is 26.2 Å². The fourth-order valence-corrected chi connectivity index (χ4v) is 5.78. The third-order valence-corrected chi connectivity index (χ3v) is 8.61. The third-order valence-electron chi connectivity index (χ3n) is 6.11. The number of anilines is 1. The fraction of sp³-hybridized carbons (Fsp3) is 0.286. The zero-order valence-electron chi connectivity index (χ0n) is 21.6. The predicted octanol–water partition coefficient (Wildman–Crippen LogP) is 5.66. The molecule has 0 aromatic heterocycles. The van der Waals surface area contributed by atoms with E-state index in [1.165, 1.54) is 29.2 Å². The number of halogens is 3. The first-order valence-corrected chi connectivity index (χ1v) is 14.6. The van der Waals surface area contributed by atoms with Crippen molar-refractivity contribution in [1.29, 1.82) is 0 Å². The number of rotatable bonds is 12. The minimum Gasteiger partial charge on any atom is -0.354 e. The largest absolute Gasteiger partial charge is 0.354 e. The van der Waals surface area contributed by atoms with Crippen LogP contribution >= 0.6 is 23.2 Å². The highest BCUT2D eigenvalue weighted by molar-refractivity contribution is 7.92. The second-order valence-corrected chi connectivity index (χ2v) is 11.5. The lowest BCUT2D eigenvalue weighted by molar-refractivity contribution is -0.139. The zero-order chi connectivity index (χ0) is 28.6. The van der Waals surface area contributed by atoms with Gasteiger partial charge in [0.1, 0.15) is 18.4 Å². The second-order valence-electron chi connectivity index (χ2n) is 8.84. The van der Waals surface area contributed by atoms with E-state index in [1.54, 1.807) is 43.3 Å². The molecule has 0 aliphatic rings. The van der Waals surface area contributed by atoms with Gasteiger partial charge in [0.25, 0.3) is 10.0 Å². The molecule has 0 bridgehead atoms. The average molecular weight is 595 g/mol. The van der Waals surface area contributed by atoms with Crippen LogP contribution in [0.1, 0.15) is 32.3 Å². The van der Waals surface area contributed by atoms with Crippen molar-refractivity contribution >= 4 is 50.7 Å². The molecule has 3 rings (SSSR count). The molecule has 0 aliphatic heterocycles. The number of benzene rings is 3. The Bertz CT molecular complexity index is 1370. The minimum absolute atomic E-state index is 0.0480. The van der Waals surface area contributed by atoms with Gasteiger partial charge < -0.3 is 10.2 Å². The fourth-order valence-electron chi connectivity index (χ4n) is 3.83. The molecule has 0 saturated heterocycles. The molecular weight excluding hydrogens is 564 g/mol. The highest BCUT2D eigenvalue weighted by Gasteiger charge is 2.33. The molecule has 3 aromatic rings. The van der Waals surface area contributed by atoms with Crippen LogP contribution in [0.15, 0.2) is 77.7 Å². The van der Waals surface area contributed by atoms with Crippen molar-refractivity contribution in [1.82, 2.24) is 10.2 Å². The summed E-state index contributed by atoms with van der Waals surface area (Å²) in [5, 5.41) is 3.40. The summed E-state index contributed by atoms with van der Waals surface area (Å²) in [5.41, 5.74) is 0.506. The first kappa shape index (κ1) is 30.4. The van der Waals surface area contributed by atoms with Crippen molar-refractivity contribution in [3.8, 4) is 0 Å². The standard InChI is InChI=1S/C28H30Cl2FN3O4S/c1-3-4-17-32-28(36)20(2)33(18-24-25(29)11-8-12-26(24)30)27(35)19-34(22-15-13-21(31)14-16-22)39(37,38)23-9-6-5-7-10-23/h5-16,20H,3-4,17-19H2,1-2H3,(H,32,36). The van der Waals surface area contributed by atoms with Crippen LogP contribution in [0.5, 0.6) is 0 Å². The SMILES string of the molecule is CCCCNC(=O)C(C)N(Cc1c(Cl)cccc1Cl)C(=O)CN(c1ccc(F)cc1)S(=O)(=O)c1ccccc1. The van der Waals surface area contributed by atoms with Crippen LogP contribution in [0.25, 0.3) is 0 Å². The first-order chi connectivity index (χ1) is 18.6. The number of hydrogen-bond donors (Lipinski definition) is 1. The van der Waals surface area contributed by atoms with Crippen molar-refractivity contribution in [2.75, 3.05) is 17.4 Å². The van der Waals surface area contributed by atoms with Gasteiger partial charge in [0, 0.05) is 28.7 Å². The molecule has 0 radical (unpaired) electrons. The van der Waals surface area contributed by atoms with Crippen LogP contribution in [0.3, 0.4) is 0 Å². The highest BCUT2D eigenvalue weighted by atomic mass is 35.5. The maximum atomic E-state index is 13.9. The molecule has 2 amide bonds. The van der Waals surface area contributed by atoms with Crippen molar-refractivity contribution in [2.45, 2.75) is 44.2 Å². The summed E-state index contributed by atoms with van der Waals surface area (Å²) < 4.78 is 41.9. The van der Waals surface area contributed by atoms with E-state index in [4.69, 9.17) is 23.2 Å². The number of carbonyl (C=O) groups excluding carboxylic acids is 2. The van der Waals surface area contributed by atoms with Gasteiger partial charge in [0.15, 0.2) is 0 Å². The monoisotopic (exact) mass is 593 g/mol. The summed E-state index contributed by atoms with van der Waals surface area (Å²) in [6.45, 7) is 3.18. The Hall–Kier alpha value is -3.14. The van der Waals surface area contributed by atoms with E-state index in [-0.39, 0.29) is 17.1 Å². The lowest BCUT2D eigenvalue weighted by Gasteiger charge is -2.32. The number of nitrogens with one attached hydrogen (secondary N) is 1. The Morgan fingerprint density at radius 1 is 0.949 bits per heavy atom. The molecule has 39 heavy (non-hydrogen) atoms. The summed E-state index contributed by atoms with van der Waals surface area (Å²) in [6, 6.07) is 16.3. The topological polar surface area (TPSA) is 86.8 Å². The number of unbranched alkanes of at least 4 members (excludes halogenated alkanes) is 1. The van der Waals surface area contributed by atoms with E-state index < -0.39 is 40.2 Å². The van der Waals surface area contributed by atoms with Crippen LogP contribution in [-0.4, -0.2) is 44.3 Å². The average Bonchev–Trinajstić information content (AvgIpc) is 2.92. The van der Waals surface area contributed by atoms with Gasteiger partial charge in [-0.15, -0.1) is 0 Å². The van der Waals surface area contributed by atoms with Gasteiger partial charge in [-0.1, -0.05) is 60.8 Å². The number of nitrogens with zero attached hydrogens (tertiary/aromatic N) is 2. The number of hydrogen-bond acceptors (Lipinski definition) is 4.